The number of hydrogen-bond acceptors (Lipinski definition) is 10. The Labute approximate surface area is 285 Å². The number of amides is 3. The van der Waals surface area contributed by atoms with Gasteiger partial charge in [-0.05, 0) is 57.2 Å². The van der Waals surface area contributed by atoms with E-state index >= 15 is 0 Å². The lowest BCUT2D eigenvalue weighted by molar-refractivity contribution is -0.136. The summed E-state index contributed by atoms with van der Waals surface area (Å²) in [4.78, 5) is 64.1. The van der Waals surface area contributed by atoms with E-state index in [1.54, 1.807) is 47.9 Å². The summed E-state index contributed by atoms with van der Waals surface area (Å²) in [5.41, 5.74) is 1.47. The molecule has 2 unspecified atom stereocenters. The average Bonchev–Trinajstić information content (AvgIpc) is 3.64. The van der Waals surface area contributed by atoms with Gasteiger partial charge < -0.3 is 34.1 Å². The third-order valence-electron chi connectivity index (χ3n) is 8.31. The van der Waals surface area contributed by atoms with Crippen molar-refractivity contribution < 1.29 is 38.1 Å². The molecule has 0 bridgehead atoms. The molecule has 49 heavy (non-hydrogen) atoms. The van der Waals surface area contributed by atoms with Gasteiger partial charge in [-0.3, -0.25) is 14.4 Å². The highest BCUT2D eigenvalue weighted by Gasteiger charge is 2.32. The molecule has 2 heterocycles. The van der Waals surface area contributed by atoms with Crippen LogP contribution in [0.5, 0.6) is 11.6 Å². The maximum Gasteiger partial charge on any atom is 0.409 e. The maximum absolute atomic E-state index is 14.1. The Bertz CT molecular complexity index is 1570. The smallest absolute Gasteiger partial charge is 0.409 e. The SMILES string of the molecule is CCOC(=O)N1CCN(C(=O)C(Cc2cccc(OC(C=O)OCC)c2)NC(=O)c2cc(OC3CCCC3)nc(-c3ccccc3)n2)CC1. The molecule has 1 saturated heterocycles. The number of piperazine rings is 1. The Hall–Kier alpha value is -5.04. The Morgan fingerprint density at radius 3 is 2.35 bits per heavy atom. The van der Waals surface area contributed by atoms with Crippen molar-refractivity contribution in [1.82, 2.24) is 25.1 Å². The second-order valence-corrected chi connectivity index (χ2v) is 11.8. The molecule has 1 saturated carbocycles. The summed E-state index contributed by atoms with van der Waals surface area (Å²) in [5.74, 6) is 0.128. The van der Waals surface area contributed by atoms with Crippen molar-refractivity contribution in [3.63, 3.8) is 0 Å². The van der Waals surface area contributed by atoms with Crippen LogP contribution >= 0.6 is 0 Å². The average molecular weight is 674 g/mol. The fourth-order valence-corrected chi connectivity index (χ4v) is 5.85. The van der Waals surface area contributed by atoms with Gasteiger partial charge in [0, 0.05) is 50.8 Å². The van der Waals surface area contributed by atoms with E-state index < -0.39 is 24.3 Å². The highest BCUT2D eigenvalue weighted by molar-refractivity contribution is 5.96. The first-order valence-electron chi connectivity index (χ1n) is 16.8. The van der Waals surface area contributed by atoms with Gasteiger partial charge in [-0.15, -0.1) is 0 Å². The van der Waals surface area contributed by atoms with Crippen molar-refractivity contribution in [3.05, 3.63) is 71.9 Å². The predicted octanol–water partition coefficient (Wildman–Crippen LogP) is 4.05. The molecule has 260 valence electrons. The topological polar surface area (TPSA) is 149 Å². The van der Waals surface area contributed by atoms with E-state index in [4.69, 9.17) is 18.9 Å². The molecule has 1 aliphatic carbocycles. The minimum Gasteiger partial charge on any atom is -0.474 e. The Kier molecular flexibility index (Phi) is 12.5. The van der Waals surface area contributed by atoms with Gasteiger partial charge in [0.25, 0.3) is 12.2 Å². The number of aromatic nitrogens is 2. The van der Waals surface area contributed by atoms with Crippen LogP contribution in [0.2, 0.25) is 0 Å². The van der Waals surface area contributed by atoms with Gasteiger partial charge in [-0.1, -0.05) is 42.5 Å². The lowest BCUT2D eigenvalue weighted by Crippen LogP contribution is -2.56. The summed E-state index contributed by atoms with van der Waals surface area (Å²) in [6.07, 6.45) is 3.14. The predicted molar refractivity (Wildman–Crippen MR) is 179 cm³/mol. The van der Waals surface area contributed by atoms with Crippen LogP contribution in [0.15, 0.2) is 60.7 Å². The van der Waals surface area contributed by atoms with Crippen LogP contribution in [0.1, 0.15) is 55.6 Å². The lowest BCUT2D eigenvalue weighted by Gasteiger charge is -2.36. The molecule has 0 radical (unpaired) electrons. The Balaban J connectivity index is 1.40. The third-order valence-corrected chi connectivity index (χ3v) is 8.31. The van der Waals surface area contributed by atoms with Gasteiger partial charge in [-0.2, -0.15) is 4.98 Å². The first-order chi connectivity index (χ1) is 23.9. The van der Waals surface area contributed by atoms with Crippen LogP contribution in [0.25, 0.3) is 11.4 Å². The first-order valence-corrected chi connectivity index (χ1v) is 16.8. The maximum atomic E-state index is 14.1. The van der Waals surface area contributed by atoms with Gasteiger partial charge in [-0.25, -0.2) is 9.78 Å². The van der Waals surface area contributed by atoms with Crippen LogP contribution in [-0.4, -0.2) is 102 Å². The van der Waals surface area contributed by atoms with Crippen molar-refractivity contribution in [1.29, 1.82) is 0 Å². The summed E-state index contributed by atoms with van der Waals surface area (Å²) >= 11 is 0. The number of ether oxygens (including phenoxy) is 4. The molecule has 13 nitrogen and oxygen atoms in total. The summed E-state index contributed by atoms with van der Waals surface area (Å²) in [7, 11) is 0. The van der Waals surface area contributed by atoms with E-state index in [-0.39, 0.29) is 50.4 Å². The summed E-state index contributed by atoms with van der Waals surface area (Å²) < 4.78 is 22.3. The van der Waals surface area contributed by atoms with Gasteiger partial charge in [0.05, 0.1) is 6.61 Å². The molecule has 3 amide bonds. The molecule has 3 aromatic rings. The fourth-order valence-electron chi connectivity index (χ4n) is 5.85. The second-order valence-electron chi connectivity index (χ2n) is 11.8. The number of rotatable bonds is 14. The lowest BCUT2D eigenvalue weighted by atomic mass is 10.0. The molecular formula is C36H43N5O8. The van der Waals surface area contributed by atoms with E-state index in [9.17, 15) is 19.2 Å². The number of carbonyl (C=O) groups is 4. The number of nitrogens with one attached hydrogen (secondary N) is 1. The minimum absolute atomic E-state index is 0.00747. The largest absolute Gasteiger partial charge is 0.474 e. The fraction of sp³-hybridized carbons (Fsp3) is 0.444. The molecule has 0 spiro atoms. The second kappa shape index (κ2) is 17.4. The van der Waals surface area contributed by atoms with Crippen molar-refractivity contribution in [3.8, 4) is 23.0 Å². The monoisotopic (exact) mass is 673 g/mol. The minimum atomic E-state index is -1.08. The Morgan fingerprint density at radius 1 is 0.918 bits per heavy atom. The van der Waals surface area contributed by atoms with Crippen LogP contribution in [-0.2, 0) is 25.5 Å². The van der Waals surface area contributed by atoms with Crippen LogP contribution < -0.4 is 14.8 Å². The molecular weight excluding hydrogens is 630 g/mol. The molecule has 5 rings (SSSR count). The van der Waals surface area contributed by atoms with Crippen LogP contribution in [0.3, 0.4) is 0 Å². The standard InChI is InChI=1S/C36H43N5O8/c1-3-46-32(24-42)49-28-16-10-11-25(21-28)22-30(35(44)40-17-19-41(20-18-40)36(45)47-4-2)38-34(43)29-23-31(48-27-14-8-9-15-27)39-33(37-29)26-12-6-5-7-13-26/h5-7,10-13,16,21,23-24,27,30,32H,3-4,8-9,14-15,17-20,22H2,1-2H3,(H,38,43). The van der Waals surface area contributed by atoms with E-state index in [0.717, 1.165) is 31.2 Å². The van der Waals surface area contributed by atoms with E-state index in [1.807, 2.05) is 30.3 Å². The van der Waals surface area contributed by atoms with Crippen LogP contribution in [0, 0.1) is 0 Å². The zero-order valence-corrected chi connectivity index (χ0v) is 27.9. The molecule has 2 aromatic carbocycles. The number of benzene rings is 2. The quantitative estimate of drug-likeness (QED) is 0.196. The summed E-state index contributed by atoms with van der Waals surface area (Å²) in [5, 5.41) is 2.92. The molecule has 1 N–H and O–H groups in total. The van der Waals surface area contributed by atoms with E-state index in [0.29, 0.717) is 42.4 Å². The van der Waals surface area contributed by atoms with Crippen LogP contribution in [0.4, 0.5) is 4.79 Å². The molecule has 2 fully saturated rings. The van der Waals surface area contributed by atoms with E-state index in [1.165, 1.54) is 6.07 Å². The third kappa shape index (κ3) is 9.75. The molecule has 2 atom stereocenters. The highest BCUT2D eigenvalue weighted by Crippen LogP contribution is 2.26. The normalized spacial score (nSPS) is 16.0. The van der Waals surface area contributed by atoms with Crippen molar-refractivity contribution in [2.45, 2.75) is 64.4 Å². The van der Waals surface area contributed by atoms with Crippen molar-refractivity contribution in [2.24, 2.45) is 0 Å². The molecule has 1 aromatic heterocycles. The zero-order valence-electron chi connectivity index (χ0n) is 27.9. The number of carbonyl (C=O) groups excluding carboxylic acids is 4. The number of nitrogens with zero attached hydrogens (tertiary/aromatic N) is 4. The highest BCUT2D eigenvalue weighted by atomic mass is 16.7. The molecule has 2 aliphatic rings. The summed E-state index contributed by atoms with van der Waals surface area (Å²) in [6.45, 7) is 5.19. The summed E-state index contributed by atoms with van der Waals surface area (Å²) in [6, 6.07) is 16.8. The van der Waals surface area contributed by atoms with Gasteiger partial charge in [0.15, 0.2) is 12.1 Å². The first kappa shape index (κ1) is 35.3. The van der Waals surface area contributed by atoms with Gasteiger partial charge in [0.2, 0.25) is 11.8 Å². The van der Waals surface area contributed by atoms with Gasteiger partial charge in [0.1, 0.15) is 23.6 Å². The number of aldehydes is 1. The van der Waals surface area contributed by atoms with Gasteiger partial charge >= 0.3 is 6.09 Å². The van der Waals surface area contributed by atoms with Crippen molar-refractivity contribution in [2.75, 3.05) is 39.4 Å². The number of hydrogen-bond donors (Lipinski definition) is 1. The van der Waals surface area contributed by atoms with E-state index in [2.05, 4.69) is 15.3 Å². The zero-order chi connectivity index (χ0) is 34.6. The molecule has 13 heteroatoms. The molecule has 1 aliphatic heterocycles. The van der Waals surface area contributed by atoms with Crippen molar-refractivity contribution >= 4 is 24.2 Å². The Morgan fingerprint density at radius 2 is 1.65 bits per heavy atom.